The van der Waals surface area contributed by atoms with Gasteiger partial charge in [-0.3, -0.25) is 4.98 Å². The van der Waals surface area contributed by atoms with Crippen molar-refractivity contribution >= 4 is 0 Å². The van der Waals surface area contributed by atoms with Crippen LogP contribution in [0.3, 0.4) is 0 Å². The lowest BCUT2D eigenvalue weighted by Crippen LogP contribution is -2.27. The third-order valence-electron chi connectivity index (χ3n) is 4.57. The topological polar surface area (TPSA) is 24.9 Å². The number of aryl methyl sites for hydroxylation is 1. The zero-order chi connectivity index (χ0) is 14.2. The fraction of sp³-hybridized carbons (Fsp3) is 0.722. The first-order chi connectivity index (χ1) is 9.85. The molecule has 112 valence electrons. The number of hydrogen-bond donors (Lipinski definition) is 1. The van der Waals surface area contributed by atoms with Crippen LogP contribution in [0.15, 0.2) is 18.3 Å². The number of nitrogens with zero attached hydrogens (tertiary/aromatic N) is 1. The first kappa shape index (κ1) is 15.5. The Bertz CT molecular complexity index is 383. The normalized spacial score (nSPS) is 18.1. The molecule has 0 spiro atoms. The van der Waals surface area contributed by atoms with Crippen molar-refractivity contribution in [3.05, 3.63) is 29.6 Å². The van der Waals surface area contributed by atoms with Gasteiger partial charge in [0.05, 0.1) is 11.7 Å². The van der Waals surface area contributed by atoms with E-state index in [0.29, 0.717) is 6.04 Å². The third-order valence-corrected chi connectivity index (χ3v) is 4.57. The largest absolute Gasteiger partial charge is 0.309 e. The van der Waals surface area contributed by atoms with Gasteiger partial charge in [-0.15, -0.1) is 0 Å². The molecular weight excluding hydrogens is 244 g/mol. The lowest BCUT2D eigenvalue weighted by Gasteiger charge is -2.28. The van der Waals surface area contributed by atoms with Crippen molar-refractivity contribution in [1.29, 1.82) is 0 Å². The van der Waals surface area contributed by atoms with Crippen molar-refractivity contribution in [3.63, 3.8) is 0 Å². The summed E-state index contributed by atoms with van der Waals surface area (Å²) in [6.45, 7) is 5.57. The van der Waals surface area contributed by atoms with Gasteiger partial charge in [0, 0.05) is 6.20 Å². The fourth-order valence-electron chi connectivity index (χ4n) is 3.43. The van der Waals surface area contributed by atoms with Crippen LogP contribution in [-0.4, -0.2) is 11.5 Å². The molecule has 0 amide bonds. The van der Waals surface area contributed by atoms with E-state index >= 15 is 0 Å². The molecule has 1 aliphatic carbocycles. The van der Waals surface area contributed by atoms with Crippen molar-refractivity contribution in [2.75, 3.05) is 6.54 Å². The smallest absolute Gasteiger partial charge is 0.0605 e. The van der Waals surface area contributed by atoms with Gasteiger partial charge in [0.2, 0.25) is 0 Å². The predicted molar refractivity (Wildman–Crippen MR) is 85.8 cm³/mol. The van der Waals surface area contributed by atoms with Crippen LogP contribution in [-0.2, 0) is 6.42 Å². The molecule has 2 rings (SSSR count). The van der Waals surface area contributed by atoms with Crippen LogP contribution >= 0.6 is 0 Å². The minimum absolute atomic E-state index is 0.453. The quantitative estimate of drug-likeness (QED) is 0.782. The van der Waals surface area contributed by atoms with E-state index in [2.05, 4.69) is 31.3 Å². The van der Waals surface area contributed by atoms with E-state index in [1.165, 1.54) is 56.2 Å². The molecular formula is C18H30N2. The van der Waals surface area contributed by atoms with Gasteiger partial charge >= 0.3 is 0 Å². The van der Waals surface area contributed by atoms with Crippen molar-refractivity contribution in [1.82, 2.24) is 10.3 Å². The van der Waals surface area contributed by atoms with Gasteiger partial charge in [0.1, 0.15) is 0 Å². The summed E-state index contributed by atoms with van der Waals surface area (Å²) in [5.74, 6) is 0.893. The summed E-state index contributed by atoms with van der Waals surface area (Å²) in [5.41, 5.74) is 2.71. The second-order valence-corrected chi connectivity index (χ2v) is 6.15. The van der Waals surface area contributed by atoms with Gasteiger partial charge in [0.25, 0.3) is 0 Å². The van der Waals surface area contributed by atoms with Crippen LogP contribution in [0.2, 0.25) is 0 Å². The van der Waals surface area contributed by atoms with Crippen LogP contribution in [0, 0.1) is 5.92 Å². The van der Waals surface area contributed by atoms with E-state index in [0.717, 1.165) is 18.9 Å². The molecule has 0 bridgehead atoms. The monoisotopic (exact) mass is 274 g/mol. The Balaban J connectivity index is 2.08. The Morgan fingerprint density at radius 3 is 2.75 bits per heavy atom. The number of aromatic nitrogens is 1. The first-order valence-electron chi connectivity index (χ1n) is 8.52. The van der Waals surface area contributed by atoms with Gasteiger partial charge < -0.3 is 5.32 Å². The zero-order valence-electron chi connectivity index (χ0n) is 13.2. The lowest BCUT2D eigenvalue weighted by molar-refractivity contribution is 0.297. The van der Waals surface area contributed by atoms with Crippen LogP contribution < -0.4 is 5.32 Å². The number of nitrogens with one attached hydrogen (secondary N) is 1. The molecule has 1 fully saturated rings. The maximum absolute atomic E-state index is 4.71. The number of rotatable bonds is 7. The Labute approximate surface area is 124 Å². The molecule has 20 heavy (non-hydrogen) atoms. The van der Waals surface area contributed by atoms with Gasteiger partial charge in [0.15, 0.2) is 0 Å². The summed E-state index contributed by atoms with van der Waals surface area (Å²) in [4.78, 5) is 4.71. The molecule has 0 aliphatic heterocycles. The minimum Gasteiger partial charge on any atom is -0.309 e. The van der Waals surface area contributed by atoms with Crippen molar-refractivity contribution < 1.29 is 0 Å². The van der Waals surface area contributed by atoms with Gasteiger partial charge in [-0.05, 0) is 43.4 Å². The molecule has 0 aromatic carbocycles. The molecule has 0 radical (unpaired) electrons. The highest BCUT2D eigenvalue weighted by Crippen LogP contribution is 2.32. The molecule has 0 saturated heterocycles. The highest BCUT2D eigenvalue weighted by Gasteiger charge is 2.22. The van der Waals surface area contributed by atoms with E-state index in [1.54, 1.807) is 0 Å². The standard InChI is InChI=1S/C18H30N2/c1-3-12-19-17(14-15-9-6-5-7-10-15)18-16(4-2)11-8-13-20-18/h8,11,13,15,17,19H,3-7,9-10,12,14H2,1-2H3. The van der Waals surface area contributed by atoms with E-state index in [-0.39, 0.29) is 0 Å². The van der Waals surface area contributed by atoms with Gasteiger partial charge in [-0.2, -0.15) is 0 Å². The average Bonchev–Trinajstić information content (AvgIpc) is 2.52. The Kier molecular flexibility index (Phi) is 6.52. The molecule has 1 aromatic heterocycles. The molecule has 2 nitrogen and oxygen atoms in total. The van der Waals surface area contributed by atoms with E-state index in [9.17, 15) is 0 Å². The third kappa shape index (κ3) is 4.31. The maximum Gasteiger partial charge on any atom is 0.0605 e. The summed E-state index contributed by atoms with van der Waals surface area (Å²) < 4.78 is 0. The summed E-state index contributed by atoms with van der Waals surface area (Å²) in [5, 5.41) is 3.75. The Morgan fingerprint density at radius 1 is 1.25 bits per heavy atom. The molecule has 1 saturated carbocycles. The highest BCUT2D eigenvalue weighted by atomic mass is 14.9. The van der Waals surface area contributed by atoms with E-state index in [4.69, 9.17) is 4.98 Å². The summed E-state index contributed by atoms with van der Waals surface area (Å²) >= 11 is 0. The highest BCUT2D eigenvalue weighted by molar-refractivity contribution is 5.23. The van der Waals surface area contributed by atoms with Gasteiger partial charge in [-0.1, -0.05) is 52.0 Å². The molecule has 1 atom stereocenters. The molecule has 2 heteroatoms. The summed E-state index contributed by atoms with van der Waals surface area (Å²) in [6, 6.07) is 4.76. The van der Waals surface area contributed by atoms with Crippen molar-refractivity contribution in [3.8, 4) is 0 Å². The zero-order valence-corrected chi connectivity index (χ0v) is 13.2. The maximum atomic E-state index is 4.71. The second kappa shape index (κ2) is 8.41. The minimum atomic E-state index is 0.453. The molecule has 1 aliphatic rings. The van der Waals surface area contributed by atoms with Crippen molar-refractivity contribution in [2.24, 2.45) is 5.92 Å². The first-order valence-corrected chi connectivity index (χ1v) is 8.52. The van der Waals surface area contributed by atoms with E-state index < -0.39 is 0 Å². The SMILES string of the molecule is CCCNC(CC1CCCCC1)c1ncccc1CC. The van der Waals surface area contributed by atoms with E-state index in [1.807, 2.05) is 6.20 Å². The number of hydrogen-bond acceptors (Lipinski definition) is 2. The Hall–Kier alpha value is -0.890. The van der Waals surface area contributed by atoms with Crippen molar-refractivity contribution in [2.45, 2.75) is 71.3 Å². The van der Waals surface area contributed by atoms with Gasteiger partial charge in [-0.25, -0.2) is 0 Å². The summed E-state index contributed by atoms with van der Waals surface area (Å²) in [7, 11) is 0. The predicted octanol–water partition coefficient (Wildman–Crippen LogP) is 4.66. The molecule has 1 aromatic rings. The molecule has 1 N–H and O–H groups in total. The Morgan fingerprint density at radius 2 is 2.05 bits per heavy atom. The number of pyridine rings is 1. The fourth-order valence-corrected chi connectivity index (χ4v) is 3.43. The summed E-state index contributed by atoms with van der Waals surface area (Å²) in [6.07, 6.45) is 12.6. The molecule has 1 unspecified atom stereocenters. The van der Waals surface area contributed by atoms with Crippen LogP contribution in [0.1, 0.15) is 76.1 Å². The average molecular weight is 274 g/mol. The van der Waals surface area contributed by atoms with Crippen LogP contribution in [0.25, 0.3) is 0 Å². The van der Waals surface area contributed by atoms with Crippen LogP contribution in [0.5, 0.6) is 0 Å². The lowest BCUT2D eigenvalue weighted by atomic mass is 9.83. The second-order valence-electron chi connectivity index (χ2n) is 6.15. The van der Waals surface area contributed by atoms with Crippen LogP contribution in [0.4, 0.5) is 0 Å². The molecule has 1 heterocycles.